The highest BCUT2D eigenvalue weighted by Crippen LogP contribution is 2.36. The van der Waals surface area contributed by atoms with Crippen LogP contribution in [0.2, 0.25) is 0 Å². The molecule has 0 bridgehead atoms. The Bertz CT molecular complexity index is 412. The summed E-state index contributed by atoms with van der Waals surface area (Å²) in [5.74, 6) is 0.171. The predicted molar refractivity (Wildman–Crippen MR) is 73.4 cm³/mol. The molecule has 1 aliphatic carbocycles. The van der Waals surface area contributed by atoms with Gasteiger partial charge < -0.3 is 5.32 Å². The Morgan fingerprint density at radius 2 is 2.12 bits per heavy atom. The van der Waals surface area contributed by atoms with Gasteiger partial charge in [-0.1, -0.05) is 40.2 Å². The van der Waals surface area contributed by atoms with Crippen LogP contribution in [0, 0.1) is 6.92 Å². The summed E-state index contributed by atoms with van der Waals surface area (Å²) in [6.45, 7) is 2.09. The molecular weight excluding hydrogens is 278 g/mol. The Morgan fingerprint density at radius 3 is 2.71 bits per heavy atom. The summed E-state index contributed by atoms with van der Waals surface area (Å²) in [6.07, 6.45) is 3.62. The molecule has 0 unspecified atom stereocenters. The zero-order chi connectivity index (χ0) is 12.3. The molecule has 1 aliphatic rings. The number of carbonyl (C=O) groups excluding carboxylic acids is 1. The molecule has 2 rings (SSSR count). The van der Waals surface area contributed by atoms with E-state index in [4.69, 9.17) is 0 Å². The second-order valence-electron chi connectivity index (χ2n) is 4.89. The molecule has 1 aromatic carbocycles. The normalized spacial score (nSPS) is 16.6. The zero-order valence-electron chi connectivity index (χ0n) is 10.1. The summed E-state index contributed by atoms with van der Waals surface area (Å²) in [7, 11) is 0. The fraction of sp³-hybridized carbons (Fsp3) is 0.500. The van der Waals surface area contributed by atoms with E-state index in [0.29, 0.717) is 6.42 Å². The minimum atomic E-state index is 0.0722. The topological polar surface area (TPSA) is 29.1 Å². The van der Waals surface area contributed by atoms with E-state index >= 15 is 0 Å². The van der Waals surface area contributed by atoms with Crippen LogP contribution in [0.4, 0.5) is 0 Å². The monoisotopic (exact) mass is 295 g/mol. The predicted octanol–water partition coefficient (Wildman–Crippen LogP) is 2.97. The van der Waals surface area contributed by atoms with E-state index in [1.54, 1.807) is 0 Å². The third kappa shape index (κ3) is 3.32. The maximum absolute atomic E-state index is 11.8. The smallest absolute Gasteiger partial charge is 0.220 e. The number of rotatable bonds is 5. The number of alkyl halides is 1. The molecule has 0 spiro atoms. The average molecular weight is 296 g/mol. The van der Waals surface area contributed by atoms with E-state index in [1.807, 2.05) is 12.1 Å². The number of benzene rings is 1. The number of carbonyl (C=O) groups is 1. The Balaban J connectivity index is 1.82. The molecule has 1 N–H and O–H groups in total. The van der Waals surface area contributed by atoms with Crippen molar-refractivity contribution in [2.24, 2.45) is 0 Å². The van der Waals surface area contributed by atoms with Gasteiger partial charge in [0.1, 0.15) is 0 Å². The fourth-order valence-corrected chi connectivity index (χ4v) is 2.64. The second-order valence-corrected chi connectivity index (χ2v) is 5.45. The molecule has 0 atom stereocenters. The van der Waals surface area contributed by atoms with Gasteiger partial charge >= 0.3 is 0 Å². The van der Waals surface area contributed by atoms with Crippen LogP contribution in [0.5, 0.6) is 0 Å². The highest BCUT2D eigenvalue weighted by Gasteiger charge is 2.42. The first-order chi connectivity index (χ1) is 8.15. The van der Waals surface area contributed by atoms with E-state index in [2.05, 4.69) is 40.3 Å². The molecule has 1 amide bonds. The number of amides is 1. The van der Waals surface area contributed by atoms with Gasteiger partial charge in [-0.05, 0) is 37.3 Å². The fourth-order valence-electron chi connectivity index (χ4n) is 1.94. The number of hydrogen-bond acceptors (Lipinski definition) is 1. The lowest BCUT2D eigenvalue weighted by Crippen LogP contribution is -2.38. The van der Waals surface area contributed by atoms with Crippen LogP contribution in [-0.4, -0.2) is 16.8 Å². The molecule has 92 valence electrons. The van der Waals surface area contributed by atoms with Crippen molar-refractivity contribution in [3.63, 3.8) is 0 Å². The van der Waals surface area contributed by atoms with E-state index in [-0.39, 0.29) is 11.4 Å². The summed E-state index contributed by atoms with van der Waals surface area (Å²) in [5.41, 5.74) is 2.61. The van der Waals surface area contributed by atoms with Crippen molar-refractivity contribution in [1.82, 2.24) is 5.32 Å². The van der Waals surface area contributed by atoms with Crippen LogP contribution in [0.3, 0.4) is 0 Å². The van der Waals surface area contributed by atoms with E-state index in [0.717, 1.165) is 24.6 Å². The Kier molecular flexibility index (Phi) is 3.87. The van der Waals surface area contributed by atoms with Crippen LogP contribution >= 0.6 is 15.9 Å². The van der Waals surface area contributed by atoms with E-state index in [1.165, 1.54) is 11.1 Å². The first kappa shape index (κ1) is 12.6. The summed E-state index contributed by atoms with van der Waals surface area (Å²) < 4.78 is 0. The maximum atomic E-state index is 11.8. The Hall–Kier alpha value is -0.830. The van der Waals surface area contributed by atoms with Gasteiger partial charge in [-0.15, -0.1) is 0 Å². The minimum Gasteiger partial charge on any atom is -0.350 e. The highest BCUT2D eigenvalue weighted by molar-refractivity contribution is 9.09. The van der Waals surface area contributed by atoms with Crippen LogP contribution in [0.1, 0.15) is 30.4 Å². The van der Waals surface area contributed by atoms with Crippen molar-refractivity contribution in [3.05, 3.63) is 35.4 Å². The van der Waals surface area contributed by atoms with Gasteiger partial charge in [0.05, 0.1) is 0 Å². The Labute approximate surface area is 111 Å². The van der Waals surface area contributed by atoms with Crippen molar-refractivity contribution in [3.8, 4) is 0 Å². The van der Waals surface area contributed by atoms with Crippen LogP contribution in [-0.2, 0) is 11.2 Å². The number of aryl methyl sites for hydroxylation is 2. The SMILES string of the molecule is Cc1ccccc1CCC(=O)NC1(CBr)CC1. The van der Waals surface area contributed by atoms with Crippen molar-refractivity contribution < 1.29 is 4.79 Å². The second kappa shape index (κ2) is 5.21. The first-order valence-electron chi connectivity index (χ1n) is 6.07. The van der Waals surface area contributed by atoms with Gasteiger partial charge in [0, 0.05) is 17.3 Å². The largest absolute Gasteiger partial charge is 0.350 e. The maximum Gasteiger partial charge on any atom is 0.220 e. The summed E-state index contributed by atoms with van der Waals surface area (Å²) in [4.78, 5) is 11.8. The molecular formula is C14H18BrNO. The lowest BCUT2D eigenvalue weighted by molar-refractivity contribution is -0.121. The van der Waals surface area contributed by atoms with Gasteiger partial charge in [-0.2, -0.15) is 0 Å². The third-order valence-corrected chi connectivity index (χ3v) is 4.47. The molecule has 1 fully saturated rings. The number of hydrogen-bond donors (Lipinski definition) is 1. The van der Waals surface area contributed by atoms with E-state index in [9.17, 15) is 4.79 Å². The average Bonchev–Trinajstić information content (AvgIpc) is 3.08. The van der Waals surface area contributed by atoms with Crippen molar-refractivity contribution in [1.29, 1.82) is 0 Å². The molecule has 0 heterocycles. The quantitative estimate of drug-likeness (QED) is 0.832. The van der Waals surface area contributed by atoms with Gasteiger partial charge in [0.15, 0.2) is 0 Å². The lowest BCUT2D eigenvalue weighted by atomic mass is 10.0. The van der Waals surface area contributed by atoms with E-state index < -0.39 is 0 Å². The third-order valence-electron chi connectivity index (χ3n) is 3.40. The standard InChI is InChI=1S/C14H18BrNO/c1-11-4-2-3-5-12(11)6-7-13(17)16-14(10-15)8-9-14/h2-5H,6-10H2,1H3,(H,16,17). The van der Waals surface area contributed by atoms with Gasteiger partial charge in [0.25, 0.3) is 0 Å². The Morgan fingerprint density at radius 1 is 1.41 bits per heavy atom. The zero-order valence-corrected chi connectivity index (χ0v) is 11.7. The van der Waals surface area contributed by atoms with Gasteiger partial charge in [0.2, 0.25) is 5.91 Å². The molecule has 0 radical (unpaired) electrons. The molecule has 0 aliphatic heterocycles. The molecule has 17 heavy (non-hydrogen) atoms. The molecule has 0 saturated heterocycles. The van der Waals surface area contributed by atoms with Crippen molar-refractivity contribution in [2.45, 2.75) is 38.1 Å². The molecule has 2 nitrogen and oxygen atoms in total. The van der Waals surface area contributed by atoms with Crippen LogP contribution in [0.25, 0.3) is 0 Å². The summed E-state index contributed by atoms with van der Waals surface area (Å²) in [5, 5.41) is 3.99. The first-order valence-corrected chi connectivity index (χ1v) is 7.19. The van der Waals surface area contributed by atoms with Gasteiger partial charge in [-0.3, -0.25) is 4.79 Å². The van der Waals surface area contributed by atoms with Gasteiger partial charge in [-0.25, -0.2) is 0 Å². The molecule has 0 aromatic heterocycles. The number of nitrogens with one attached hydrogen (secondary N) is 1. The van der Waals surface area contributed by atoms with Crippen LogP contribution in [0.15, 0.2) is 24.3 Å². The number of halogens is 1. The van der Waals surface area contributed by atoms with Crippen molar-refractivity contribution >= 4 is 21.8 Å². The minimum absolute atomic E-state index is 0.0722. The van der Waals surface area contributed by atoms with Crippen LogP contribution < -0.4 is 5.32 Å². The lowest BCUT2D eigenvalue weighted by Gasteiger charge is -2.14. The molecule has 1 saturated carbocycles. The summed E-state index contributed by atoms with van der Waals surface area (Å²) in [6, 6.07) is 8.25. The molecule has 1 aromatic rings. The highest BCUT2D eigenvalue weighted by atomic mass is 79.9. The summed E-state index contributed by atoms with van der Waals surface area (Å²) >= 11 is 3.45. The van der Waals surface area contributed by atoms with Crippen molar-refractivity contribution in [2.75, 3.05) is 5.33 Å². The molecule has 3 heteroatoms.